The van der Waals surface area contributed by atoms with Crippen LogP contribution in [0.3, 0.4) is 0 Å². The summed E-state index contributed by atoms with van der Waals surface area (Å²) in [5.74, 6) is 0. The molecule has 0 heterocycles. The van der Waals surface area contributed by atoms with Crippen LogP contribution in [0.1, 0.15) is 54.2 Å². The Bertz CT molecular complexity index is 626. The molecule has 124 valence electrons. The Morgan fingerprint density at radius 3 is 1.83 bits per heavy atom. The maximum atomic E-state index is 2.48. The van der Waals surface area contributed by atoms with Gasteiger partial charge in [0.25, 0.3) is 0 Å². The lowest BCUT2D eigenvalue weighted by atomic mass is 9.85. The minimum atomic E-state index is 1.03. The van der Waals surface area contributed by atoms with Crippen LogP contribution in [0.25, 0.3) is 0 Å². The van der Waals surface area contributed by atoms with Gasteiger partial charge in [-0.2, -0.15) is 0 Å². The minimum Gasteiger partial charge on any atom is -0.305 e. The molecule has 2 aromatic carbocycles. The van der Waals surface area contributed by atoms with Crippen molar-refractivity contribution in [3.63, 3.8) is 0 Å². The summed E-state index contributed by atoms with van der Waals surface area (Å²) in [4.78, 5) is 2.28. The van der Waals surface area contributed by atoms with Crippen molar-refractivity contribution >= 4 is 0 Å². The van der Waals surface area contributed by atoms with Crippen molar-refractivity contribution < 1.29 is 0 Å². The molecule has 0 spiro atoms. The van der Waals surface area contributed by atoms with Crippen molar-refractivity contribution in [2.24, 2.45) is 0 Å². The van der Waals surface area contributed by atoms with Gasteiger partial charge in [-0.1, -0.05) is 57.2 Å². The fourth-order valence-electron chi connectivity index (χ4n) is 3.72. The zero-order valence-electron chi connectivity index (χ0n) is 15.4. The van der Waals surface area contributed by atoms with Gasteiger partial charge in [0, 0.05) is 6.54 Å². The summed E-state index contributed by atoms with van der Waals surface area (Å²) in [7, 11) is 4.32. The molecule has 0 atom stereocenters. The van der Waals surface area contributed by atoms with Crippen LogP contribution >= 0.6 is 0 Å². The average Bonchev–Trinajstić information content (AvgIpc) is 2.54. The van der Waals surface area contributed by atoms with Crippen molar-refractivity contribution in [3.8, 4) is 0 Å². The van der Waals surface area contributed by atoms with Crippen molar-refractivity contribution in [3.05, 3.63) is 69.8 Å². The normalized spacial score (nSPS) is 11.2. The standard InChI is InChI=1S/C22H31N/c1-6-20-18(14-17-12-10-9-11-13-17)15-19(16-23(4)5)21(7-2)22(20)8-3/h9-13,15H,6-8,14,16H2,1-5H3. The van der Waals surface area contributed by atoms with E-state index in [1.165, 1.54) is 16.7 Å². The first kappa shape index (κ1) is 17.7. The fourth-order valence-corrected chi connectivity index (χ4v) is 3.72. The SMILES string of the molecule is CCc1c(Cc2ccccc2)cc(CN(C)C)c(CC)c1CC. The maximum absolute atomic E-state index is 2.48. The van der Waals surface area contributed by atoms with Crippen LogP contribution in [0.15, 0.2) is 36.4 Å². The summed E-state index contributed by atoms with van der Waals surface area (Å²) in [6.45, 7) is 7.93. The minimum absolute atomic E-state index is 1.03. The van der Waals surface area contributed by atoms with Gasteiger partial charge in [0.15, 0.2) is 0 Å². The molecule has 0 fully saturated rings. The van der Waals surface area contributed by atoms with Crippen molar-refractivity contribution in [2.45, 2.75) is 53.0 Å². The predicted molar refractivity (Wildman–Crippen MR) is 101 cm³/mol. The van der Waals surface area contributed by atoms with Crippen LogP contribution in [0.5, 0.6) is 0 Å². The second-order valence-corrected chi connectivity index (χ2v) is 6.59. The molecule has 1 heteroatoms. The molecule has 1 nitrogen and oxygen atoms in total. The topological polar surface area (TPSA) is 3.24 Å². The summed E-state index contributed by atoms with van der Waals surface area (Å²) in [5, 5.41) is 0. The van der Waals surface area contributed by atoms with Crippen LogP contribution in [-0.4, -0.2) is 19.0 Å². The van der Waals surface area contributed by atoms with E-state index in [-0.39, 0.29) is 0 Å². The summed E-state index contributed by atoms with van der Waals surface area (Å²) < 4.78 is 0. The highest BCUT2D eigenvalue weighted by atomic mass is 15.0. The van der Waals surface area contributed by atoms with E-state index in [1.807, 2.05) is 0 Å². The van der Waals surface area contributed by atoms with E-state index in [4.69, 9.17) is 0 Å². The van der Waals surface area contributed by atoms with Crippen molar-refractivity contribution in [1.29, 1.82) is 0 Å². The molecule has 2 rings (SSSR count). The second-order valence-electron chi connectivity index (χ2n) is 6.59. The van der Waals surface area contributed by atoms with Gasteiger partial charge in [-0.3, -0.25) is 0 Å². The van der Waals surface area contributed by atoms with E-state index in [9.17, 15) is 0 Å². The first-order valence-corrected chi connectivity index (χ1v) is 8.94. The molecule has 2 aromatic rings. The molecular formula is C22H31N. The molecule has 0 N–H and O–H groups in total. The maximum Gasteiger partial charge on any atom is 0.0230 e. The average molecular weight is 309 g/mol. The lowest BCUT2D eigenvalue weighted by Crippen LogP contribution is -2.15. The molecule has 0 aromatic heterocycles. The highest BCUT2D eigenvalue weighted by Crippen LogP contribution is 2.28. The van der Waals surface area contributed by atoms with Gasteiger partial charge < -0.3 is 4.90 Å². The quantitative estimate of drug-likeness (QED) is 0.693. The van der Waals surface area contributed by atoms with Gasteiger partial charge in [-0.25, -0.2) is 0 Å². The molecule has 0 amide bonds. The molecular weight excluding hydrogens is 278 g/mol. The lowest BCUT2D eigenvalue weighted by Gasteiger charge is -2.23. The predicted octanol–water partition coefficient (Wildman–Crippen LogP) is 5.03. The van der Waals surface area contributed by atoms with E-state index in [0.29, 0.717) is 0 Å². The Kier molecular flexibility index (Phi) is 6.41. The van der Waals surface area contributed by atoms with Crippen LogP contribution < -0.4 is 0 Å². The monoisotopic (exact) mass is 309 g/mol. The molecule has 0 radical (unpaired) electrons. The second kappa shape index (κ2) is 8.31. The molecule has 0 saturated carbocycles. The van der Waals surface area contributed by atoms with Gasteiger partial charge in [0.2, 0.25) is 0 Å². The summed E-state index contributed by atoms with van der Waals surface area (Å²) >= 11 is 0. The van der Waals surface area contributed by atoms with Crippen LogP contribution in [0, 0.1) is 0 Å². The van der Waals surface area contributed by atoms with Crippen LogP contribution in [-0.2, 0) is 32.2 Å². The molecule has 0 bridgehead atoms. The summed E-state index contributed by atoms with van der Waals surface area (Å²) in [6.07, 6.45) is 4.43. The third-order valence-electron chi connectivity index (χ3n) is 4.64. The third-order valence-corrected chi connectivity index (χ3v) is 4.64. The van der Waals surface area contributed by atoms with Crippen LogP contribution in [0.2, 0.25) is 0 Å². The van der Waals surface area contributed by atoms with E-state index in [0.717, 1.165) is 32.2 Å². The molecule has 0 unspecified atom stereocenters. The number of rotatable bonds is 7. The van der Waals surface area contributed by atoms with Gasteiger partial charge in [-0.15, -0.1) is 0 Å². The summed E-state index contributed by atoms with van der Waals surface area (Å²) in [5.41, 5.74) is 9.19. The number of benzene rings is 2. The Hall–Kier alpha value is -1.60. The first-order chi connectivity index (χ1) is 11.1. The molecule has 0 aliphatic heterocycles. The lowest BCUT2D eigenvalue weighted by molar-refractivity contribution is 0.400. The zero-order chi connectivity index (χ0) is 16.8. The third kappa shape index (κ3) is 4.23. The highest BCUT2D eigenvalue weighted by molar-refractivity contribution is 5.48. The summed E-state index contributed by atoms with van der Waals surface area (Å²) in [6, 6.07) is 13.3. The molecule has 0 saturated heterocycles. The highest BCUT2D eigenvalue weighted by Gasteiger charge is 2.15. The van der Waals surface area contributed by atoms with E-state index < -0.39 is 0 Å². The van der Waals surface area contributed by atoms with E-state index >= 15 is 0 Å². The smallest absolute Gasteiger partial charge is 0.0230 e. The number of hydrogen-bond donors (Lipinski definition) is 0. The molecule has 0 aliphatic rings. The molecule has 0 aliphatic carbocycles. The van der Waals surface area contributed by atoms with Gasteiger partial charge in [0.1, 0.15) is 0 Å². The van der Waals surface area contributed by atoms with Gasteiger partial charge in [-0.05, 0) is 73.2 Å². The Labute approximate surface area is 142 Å². The number of hydrogen-bond acceptors (Lipinski definition) is 1. The van der Waals surface area contributed by atoms with Crippen LogP contribution in [0.4, 0.5) is 0 Å². The first-order valence-electron chi connectivity index (χ1n) is 8.94. The van der Waals surface area contributed by atoms with Gasteiger partial charge in [0.05, 0.1) is 0 Å². The van der Waals surface area contributed by atoms with E-state index in [2.05, 4.69) is 76.2 Å². The Morgan fingerprint density at radius 1 is 0.739 bits per heavy atom. The molecule has 23 heavy (non-hydrogen) atoms. The van der Waals surface area contributed by atoms with Crippen molar-refractivity contribution in [1.82, 2.24) is 4.90 Å². The Balaban J connectivity index is 2.55. The van der Waals surface area contributed by atoms with E-state index in [1.54, 1.807) is 16.7 Å². The van der Waals surface area contributed by atoms with Crippen molar-refractivity contribution in [2.75, 3.05) is 14.1 Å². The number of nitrogens with zero attached hydrogens (tertiary/aromatic N) is 1. The Morgan fingerprint density at radius 2 is 1.30 bits per heavy atom. The largest absolute Gasteiger partial charge is 0.305 e. The fraction of sp³-hybridized carbons (Fsp3) is 0.455. The van der Waals surface area contributed by atoms with Gasteiger partial charge >= 0.3 is 0 Å². The zero-order valence-corrected chi connectivity index (χ0v) is 15.4.